The number of aliphatic hydroxyl groups is 1. The SMILES string of the molecule is CCOC(O)N1CCCC(N2CCC(C(=O)NC(C)(C)CC)CC2)CC1. The van der Waals surface area contributed by atoms with Gasteiger partial charge in [-0.1, -0.05) is 6.92 Å². The first-order valence-corrected chi connectivity index (χ1v) is 10.5. The summed E-state index contributed by atoms with van der Waals surface area (Å²) in [6.07, 6.45) is 5.39. The minimum Gasteiger partial charge on any atom is -0.356 e. The molecule has 0 aromatic rings. The highest BCUT2D eigenvalue weighted by Gasteiger charge is 2.32. The van der Waals surface area contributed by atoms with E-state index < -0.39 is 6.41 Å². The predicted octanol–water partition coefficient (Wildman–Crippen LogP) is 2.17. The van der Waals surface area contributed by atoms with Crippen molar-refractivity contribution in [2.75, 3.05) is 32.8 Å². The van der Waals surface area contributed by atoms with Gasteiger partial charge in [-0.2, -0.15) is 0 Å². The zero-order valence-corrected chi connectivity index (χ0v) is 17.2. The molecule has 0 bridgehead atoms. The Morgan fingerprint density at radius 1 is 1.15 bits per heavy atom. The molecule has 2 rings (SSSR count). The third kappa shape index (κ3) is 6.19. The highest BCUT2D eigenvalue weighted by molar-refractivity contribution is 5.79. The van der Waals surface area contributed by atoms with E-state index in [0.29, 0.717) is 12.6 Å². The van der Waals surface area contributed by atoms with Gasteiger partial charge in [0.15, 0.2) is 0 Å². The van der Waals surface area contributed by atoms with E-state index in [0.717, 1.165) is 64.7 Å². The summed E-state index contributed by atoms with van der Waals surface area (Å²) in [7, 11) is 0. The van der Waals surface area contributed by atoms with Crippen LogP contribution in [0.1, 0.15) is 66.2 Å². The van der Waals surface area contributed by atoms with Crippen LogP contribution in [0.5, 0.6) is 0 Å². The van der Waals surface area contributed by atoms with E-state index in [2.05, 4.69) is 31.0 Å². The molecular weight excluding hydrogens is 330 g/mol. The number of amides is 1. The Morgan fingerprint density at radius 2 is 1.85 bits per heavy atom. The second-order valence-corrected chi connectivity index (χ2v) is 8.44. The number of likely N-dealkylation sites (tertiary alicyclic amines) is 2. The number of carbonyl (C=O) groups excluding carboxylic acids is 1. The number of rotatable bonds is 7. The molecule has 0 aromatic carbocycles. The average Bonchev–Trinajstić information content (AvgIpc) is 2.88. The third-order valence-corrected chi connectivity index (χ3v) is 6.12. The largest absolute Gasteiger partial charge is 0.356 e. The Balaban J connectivity index is 1.78. The molecule has 2 heterocycles. The molecule has 0 aliphatic carbocycles. The molecule has 1 amide bonds. The van der Waals surface area contributed by atoms with Crippen molar-refractivity contribution in [2.24, 2.45) is 5.92 Å². The maximum Gasteiger partial charge on any atom is 0.223 e. The van der Waals surface area contributed by atoms with Gasteiger partial charge in [0.2, 0.25) is 12.3 Å². The number of nitrogens with zero attached hydrogens (tertiary/aromatic N) is 2. The lowest BCUT2D eigenvalue weighted by atomic mass is 9.92. The van der Waals surface area contributed by atoms with Crippen molar-refractivity contribution in [3.63, 3.8) is 0 Å². The summed E-state index contributed by atoms with van der Waals surface area (Å²) in [5, 5.41) is 13.3. The van der Waals surface area contributed by atoms with Gasteiger partial charge in [0.25, 0.3) is 0 Å². The first-order valence-electron chi connectivity index (χ1n) is 10.5. The molecule has 2 aliphatic heterocycles. The molecule has 6 nitrogen and oxygen atoms in total. The van der Waals surface area contributed by atoms with E-state index in [1.807, 2.05) is 11.8 Å². The lowest BCUT2D eigenvalue weighted by molar-refractivity contribution is -0.189. The van der Waals surface area contributed by atoms with Crippen LogP contribution in [0.4, 0.5) is 0 Å². The summed E-state index contributed by atoms with van der Waals surface area (Å²) in [6, 6.07) is 0.560. The summed E-state index contributed by atoms with van der Waals surface area (Å²) in [5.41, 5.74) is -0.111. The fraction of sp³-hybridized carbons (Fsp3) is 0.950. The van der Waals surface area contributed by atoms with Crippen LogP contribution in [0, 0.1) is 5.92 Å². The lowest BCUT2D eigenvalue weighted by Crippen LogP contribution is -2.49. The number of hydrogen-bond acceptors (Lipinski definition) is 5. The van der Waals surface area contributed by atoms with Crippen molar-refractivity contribution in [2.45, 2.75) is 84.2 Å². The lowest BCUT2D eigenvalue weighted by Gasteiger charge is -2.38. The van der Waals surface area contributed by atoms with E-state index >= 15 is 0 Å². The summed E-state index contributed by atoms with van der Waals surface area (Å²) < 4.78 is 5.33. The van der Waals surface area contributed by atoms with Crippen LogP contribution in [0.25, 0.3) is 0 Å². The minimum absolute atomic E-state index is 0.111. The van der Waals surface area contributed by atoms with Crippen LogP contribution in [-0.4, -0.2) is 71.6 Å². The zero-order chi connectivity index (χ0) is 19.2. The maximum atomic E-state index is 12.5. The molecule has 0 spiro atoms. The van der Waals surface area contributed by atoms with Gasteiger partial charge in [0.05, 0.1) is 0 Å². The molecule has 0 saturated carbocycles. The number of carbonyl (C=O) groups is 1. The van der Waals surface area contributed by atoms with Crippen LogP contribution in [0.3, 0.4) is 0 Å². The topological polar surface area (TPSA) is 65.0 Å². The molecule has 2 fully saturated rings. The van der Waals surface area contributed by atoms with E-state index in [4.69, 9.17) is 4.74 Å². The fourth-order valence-electron chi connectivity index (χ4n) is 3.99. The normalized spacial score (nSPS) is 25.7. The van der Waals surface area contributed by atoms with Crippen LogP contribution >= 0.6 is 0 Å². The Bertz CT molecular complexity index is 436. The van der Waals surface area contributed by atoms with Crippen molar-refractivity contribution in [1.82, 2.24) is 15.1 Å². The second-order valence-electron chi connectivity index (χ2n) is 8.44. The van der Waals surface area contributed by atoms with Crippen LogP contribution in [0.2, 0.25) is 0 Å². The Kier molecular flexibility index (Phi) is 8.33. The number of aliphatic hydroxyl groups excluding tert-OH is 1. The standard InChI is InChI=1S/C20H39N3O3/c1-5-20(3,4)21-18(24)16-9-13-22(14-10-16)17-8-7-12-23(15-11-17)19(25)26-6-2/h16-17,19,25H,5-15H2,1-4H3,(H,21,24). The molecule has 2 saturated heterocycles. The van der Waals surface area contributed by atoms with Gasteiger partial charge < -0.3 is 20.1 Å². The fourth-order valence-corrected chi connectivity index (χ4v) is 3.99. The quantitative estimate of drug-likeness (QED) is 0.674. The summed E-state index contributed by atoms with van der Waals surface area (Å²) in [6.45, 7) is 12.5. The number of ether oxygens (including phenoxy) is 1. The van der Waals surface area contributed by atoms with Crippen molar-refractivity contribution in [3.05, 3.63) is 0 Å². The summed E-state index contributed by atoms with van der Waals surface area (Å²) in [4.78, 5) is 17.1. The van der Waals surface area contributed by atoms with Gasteiger partial charge in [-0.3, -0.25) is 9.69 Å². The van der Waals surface area contributed by atoms with Crippen molar-refractivity contribution in [3.8, 4) is 0 Å². The van der Waals surface area contributed by atoms with Gasteiger partial charge in [-0.05, 0) is 72.4 Å². The predicted molar refractivity (Wildman–Crippen MR) is 104 cm³/mol. The van der Waals surface area contributed by atoms with Crippen LogP contribution in [-0.2, 0) is 9.53 Å². The van der Waals surface area contributed by atoms with Crippen molar-refractivity contribution >= 4 is 5.91 Å². The Hall–Kier alpha value is -0.690. The highest BCUT2D eigenvalue weighted by atomic mass is 16.6. The maximum absolute atomic E-state index is 12.5. The molecule has 2 N–H and O–H groups in total. The Labute approximate surface area is 159 Å². The first kappa shape index (κ1) is 21.6. The molecule has 2 aliphatic rings. The Morgan fingerprint density at radius 3 is 2.46 bits per heavy atom. The van der Waals surface area contributed by atoms with Crippen LogP contribution in [0.15, 0.2) is 0 Å². The van der Waals surface area contributed by atoms with Crippen molar-refractivity contribution in [1.29, 1.82) is 0 Å². The molecule has 2 atom stereocenters. The smallest absolute Gasteiger partial charge is 0.223 e. The molecule has 6 heteroatoms. The van der Waals surface area contributed by atoms with Crippen LogP contribution < -0.4 is 5.32 Å². The first-order chi connectivity index (χ1) is 12.4. The van der Waals surface area contributed by atoms with Gasteiger partial charge in [-0.25, -0.2) is 0 Å². The van der Waals surface area contributed by atoms with Gasteiger partial charge in [-0.15, -0.1) is 0 Å². The van der Waals surface area contributed by atoms with E-state index in [9.17, 15) is 9.90 Å². The van der Waals surface area contributed by atoms with Crippen molar-refractivity contribution < 1.29 is 14.6 Å². The minimum atomic E-state index is -0.768. The van der Waals surface area contributed by atoms with E-state index in [1.165, 1.54) is 0 Å². The highest BCUT2D eigenvalue weighted by Crippen LogP contribution is 2.25. The van der Waals surface area contributed by atoms with E-state index in [-0.39, 0.29) is 17.4 Å². The zero-order valence-electron chi connectivity index (χ0n) is 17.2. The molecule has 2 unspecified atom stereocenters. The number of nitrogens with one attached hydrogen (secondary N) is 1. The third-order valence-electron chi connectivity index (χ3n) is 6.12. The van der Waals surface area contributed by atoms with Gasteiger partial charge in [0.1, 0.15) is 0 Å². The second kappa shape index (κ2) is 10.0. The molecular formula is C20H39N3O3. The molecule has 0 radical (unpaired) electrons. The average molecular weight is 370 g/mol. The van der Waals surface area contributed by atoms with Gasteiger partial charge in [0, 0.05) is 37.2 Å². The van der Waals surface area contributed by atoms with E-state index in [1.54, 1.807) is 0 Å². The van der Waals surface area contributed by atoms with Gasteiger partial charge >= 0.3 is 0 Å². The number of piperidine rings is 1. The molecule has 152 valence electrons. The monoisotopic (exact) mass is 369 g/mol. The summed E-state index contributed by atoms with van der Waals surface area (Å²) in [5.74, 6) is 0.377. The molecule has 0 aromatic heterocycles. The molecule has 26 heavy (non-hydrogen) atoms. The summed E-state index contributed by atoms with van der Waals surface area (Å²) >= 11 is 0. The number of hydrogen-bond donors (Lipinski definition) is 2.